The molecule has 0 atom stereocenters. The van der Waals surface area contributed by atoms with Crippen molar-refractivity contribution in [3.8, 4) is 11.5 Å². The first-order valence-corrected chi connectivity index (χ1v) is 5.72. The molecule has 0 saturated carbocycles. The number of rotatable bonds is 0. The molecular weight excluding hydrogens is 214 g/mol. The summed E-state index contributed by atoms with van der Waals surface area (Å²) in [6, 6.07) is 12.3. The molecule has 0 fully saturated rings. The highest BCUT2D eigenvalue weighted by Gasteiger charge is 2.17. The van der Waals surface area contributed by atoms with E-state index >= 15 is 0 Å². The molecule has 0 aliphatic carbocycles. The zero-order valence-corrected chi connectivity index (χ0v) is 9.19. The van der Waals surface area contributed by atoms with Gasteiger partial charge in [0.05, 0.1) is 5.52 Å². The minimum Gasteiger partial charge on any atom is -0.486 e. The molecule has 1 aliphatic rings. The second kappa shape index (κ2) is 3.17. The molecule has 2 heterocycles. The van der Waals surface area contributed by atoms with Gasteiger partial charge < -0.3 is 14.5 Å². The number of hydrogen-bond acceptors (Lipinski definition) is 2. The topological polar surface area (TPSA) is 34.2 Å². The SMILES string of the molecule is c1ccc2c(c1)[nH]c1c3c(ccc12)OCCO3. The van der Waals surface area contributed by atoms with Crippen molar-refractivity contribution in [2.75, 3.05) is 13.2 Å². The Kier molecular flexibility index (Phi) is 1.66. The zero-order valence-electron chi connectivity index (χ0n) is 9.19. The molecule has 4 rings (SSSR count). The summed E-state index contributed by atoms with van der Waals surface area (Å²) in [7, 11) is 0. The first kappa shape index (κ1) is 8.93. The predicted molar refractivity (Wildman–Crippen MR) is 66.8 cm³/mol. The minimum absolute atomic E-state index is 0.613. The van der Waals surface area contributed by atoms with E-state index < -0.39 is 0 Å². The molecule has 84 valence electrons. The lowest BCUT2D eigenvalue weighted by atomic mass is 10.1. The van der Waals surface area contributed by atoms with Crippen LogP contribution in [0, 0.1) is 0 Å². The number of aromatic amines is 1. The van der Waals surface area contributed by atoms with Gasteiger partial charge in [0.2, 0.25) is 0 Å². The molecule has 3 aromatic rings. The van der Waals surface area contributed by atoms with Gasteiger partial charge in [-0.05, 0) is 18.2 Å². The average Bonchev–Trinajstić information content (AvgIpc) is 2.78. The summed E-state index contributed by atoms with van der Waals surface area (Å²) in [6.07, 6.45) is 0. The third-order valence-electron chi connectivity index (χ3n) is 3.19. The lowest BCUT2D eigenvalue weighted by molar-refractivity contribution is 0.173. The number of ether oxygens (including phenoxy) is 2. The molecule has 0 bridgehead atoms. The quantitative estimate of drug-likeness (QED) is 0.638. The summed E-state index contributed by atoms with van der Waals surface area (Å²) >= 11 is 0. The van der Waals surface area contributed by atoms with Gasteiger partial charge in [0.25, 0.3) is 0 Å². The van der Waals surface area contributed by atoms with Crippen LogP contribution in [-0.4, -0.2) is 18.2 Å². The van der Waals surface area contributed by atoms with E-state index in [-0.39, 0.29) is 0 Å². The Morgan fingerprint density at radius 2 is 1.76 bits per heavy atom. The number of para-hydroxylation sites is 1. The van der Waals surface area contributed by atoms with Gasteiger partial charge in [-0.3, -0.25) is 0 Å². The van der Waals surface area contributed by atoms with E-state index in [4.69, 9.17) is 9.47 Å². The van der Waals surface area contributed by atoms with Crippen molar-refractivity contribution >= 4 is 21.8 Å². The smallest absolute Gasteiger partial charge is 0.185 e. The van der Waals surface area contributed by atoms with E-state index in [1.165, 1.54) is 10.8 Å². The highest BCUT2D eigenvalue weighted by Crippen LogP contribution is 2.39. The number of benzene rings is 2. The van der Waals surface area contributed by atoms with Crippen LogP contribution in [0.3, 0.4) is 0 Å². The fourth-order valence-electron chi connectivity index (χ4n) is 2.43. The summed E-state index contributed by atoms with van der Waals surface area (Å²) in [5.41, 5.74) is 2.16. The van der Waals surface area contributed by atoms with Gasteiger partial charge in [0.15, 0.2) is 11.5 Å². The molecule has 3 nitrogen and oxygen atoms in total. The van der Waals surface area contributed by atoms with Crippen LogP contribution in [0.15, 0.2) is 36.4 Å². The second-order valence-electron chi connectivity index (χ2n) is 4.18. The number of nitrogens with one attached hydrogen (secondary N) is 1. The van der Waals surface area contributed by atoms with Crippen molar-refractivity contribution in [3.63, 3.8) is 0 Å². The Bertz CT molecular complexity index is 715. The van der Waals surface area contributed by atoms with Crippen LogP contribution in [0.4, 0.5) is 0 Å². The molecule has 3 heteroatoms. The van der Waals surface area contributed by atoms with Crippen molar-refractivity contribution in [1.82, 2.24) is 4.98 Å². The summed E-state index contributed by atoms with van der Waals surface area (Å²) in [6.45, 7) is 1.24. The van der Waals surface area contributed by atoms with Crippen LogP contribution in [0.2, 0.25) is 0 Å². The van der Waals surface area contributed by atoms with Crippen molar-refractivity contribution in [2.24, 2.45) is 0 Å². The molecule has 1 N–H and O–H groups in total. The van der Waals surface area contributed by atoms with Crippen LogP contribution in [-0.2, 0) is 0 Å². The van der Waals surface area contributed by atoms with Crippen LogP contribution >= 0.6 is 0 Å². The highest BCUT2D eigenvalue weighted by atomic mass is 16.6. The number of H-pyrrole nitrogens is 1. The van der Waals surface area contributed by atoms with E-state index in [1.54, 1.807) is 0 Å². The van der Waals surface area contributed by atoms with E-state index in [0.29, 0.717) is 13.2 Å². The van der Waals surface area contributed by atoms with Gasteiger partial charge in [0, 0.05) is 16.3 Å². The van der Waals surface area contributed by atoms with Crippen LogP contribution < -0.4 is 9.47 Å². The maximum Gasteiger partial charge on any atom is 0.185 e. The highest BCUT2D eigenvalue weighted by molar-refractivity contribution is 6.09. The predicted octanol–water partition coefficient (Wildman–Crippen LogP) is 3.09. The maximum absolute atomic E-state index is 5.71. The third kappa shape index (κ3) is 1.16. The Balaban J connectivity index is 2.16. The van der Waals surface area contributed by atoms with Crippen molar-refractivity contribution in [1.29, 1.82) is 0 Å². The molecule has 17 heavy (non-hydrogen) atoms. The minimum atomic E-state index is 0.613. The molecule has 0 saturated heterocycles. The lowest BCUT2D eigenvalue weighted by Gasteiger charge is -2.18. The van der Waals surface area contributed by atoms with Crippen molar-refractivity contribution in [2.45, 2.75) is 0 Å². The average molecular weight is 225 g/mol. The second-order valence-corrected chi connectivity index (χ2v) is 4.18. The fraction of sp³-hybridized carbons (Fsp3) is 0.143. The first-order chi connectivity index (χ1) is 8.43. The third-order valence-corrected chi connectivity index (χ3v) is 3.19. The normalized spacial score (nSPS) is 14.4. The van der Waals surface area contributed by atoms with Crippen LogP contribution in [0.1, 0.15) is 0 Å². The van der Waals surface area contributed by atoms with Crippen molar-refractivity contribution in [3.05, 3.63) is 36.4 Å². The standard InChI is InChI=1S/C14H11NO2/c1-2-4-11-9(3-1)10-5-6-12-14(13(10)15-11)17-8-7-16-12/h1-6,15H,7-8H2. The summed E-state index contributed by atoms with van der Waals surface area (Å²) in [5.74, 6) is 1.67. The number of aromatic nitrogens is 1. The van der Waals surface area contributed by atoms with E-state index in [1.807, 2.05) is 18.2 Å². The van der Waals surface area contributed by atoms with Gasteiger partial charge in [-0.2, -0.15) is 0 Å². The number of fused-ring (bicyclic) bond motifs is 5. The molecule has 1 aliphatic heterocycles. The molecule has 0 unspecified atom stereocenters. The Morgan fingerprint density at radius 3 is 2.76 bits per heavy atom. The van der Waals surface area contributed by atoms with Gasteiger partial charge in [-0.15, -0.1) is 0 Å². The van der Waals surface area contributed by atoms with Gasteiger partial charge in [-0.25, -0.2) is 0 Å². The Labute approximate surface area is 98.0 Å². The summed E-state index contributed by atoms with van der Waals surface area (Å²) in [5, 5.41) is 2.41. The van der Waals surface area contributed by atoms with Crippen LogP contribution in [0.25, 0.3) is 21.8 Å². The summed E-state index contributed by atoms with van der Waals surface area (Å²) < 4.78 is 11.3. The molecule has 2 aromatic carbocycles. The zero-order chi connectivity index (χ0) is 11.2. The molecule has 0 amide bonds. The Hall–Kier alpha value is -2.16. The number of hydrogen-bond donors (Lipinski definition) is 1. The first-order valence-electron chi connectivity index (χ1n) is 5.72. The van der Waals surface area contributed by atoms with Crippen molar-refractivity contribution < 1.29 is 9.47 Å². The monoisotopic (exact) mass is 225 g/mol. The molecule has 0 spiro atoms. The van der Waals surface area contributed by atoms with Gasteiger partial charge >= 0.3 is 0 Å². The Morgan fingerprint density at radius 1 is 0.882 bits per heavy atom. The van der Waals surface area contributed by atoms with Crippen LogP contribution in [0.5, 0.6) is 11.5 Å². The lowest BCUT2D eigenvalue weighted by Crippen LogP contribution is -2.15. The largest absolute Gasteiger partial charge is 0.486 e. The molecule has 0 radical (unpaired) electrons. The maximum atomic E-state index is 5.71. The fourth-order valence-corrected chi connectivity index (χ4v) is 2.43. The van der Waals surface area contributed by atoms with Gasteiger partial charge in [-0.1, -0.05) is 18.2 Å². The summed E-state index contributed by atoms with van der Waals surface area (Å²) in [4.78, 5) is 3.40. The molecule has 1 aromatic heterocycles. The van der Waals surface area contributed by atoms with Gasteiger partial charge in [0.1, 0.15) is 13.2 Å². The van der Waals surface area contributed by atoms with E-state index in [0.717, 1.165) is 22.5 Å². The van der Waals surface area contributed by atoms with E-state index in [2.05, 4.69) is 23.2 Å². The molecular formula is C14H11NO2. The van der Waals surface area contributed by atoms with E-state index in [9.17, 15) is 0 Å².